The fraction of sp³-hybridized carbons (Fsp3) is 0.417. The van der Waals surface area contributed by atoms with E-state index >= 15 is 0 Å². The summed E-state index contributed by atoms with van der Waals surface area (Å²) in [4.78, 5) is 26.2. The van der Waals surface area contributed by atoms with Gasteiger partial charge in [0.15, 0.2) is 5.69 Å². The van der Waals surface area contributed by atoms with Crippen molar-refractivity contribution < 1.29 is 14.7 Å². The van der Waals surface area contributed by atoms with E-state index in [0.29, 0.717) is 0 Å². The normalized spacial score (nSPS) is 15.3. The fourth-order valence-corrected chi connectivity index (χ4v) is 2.03. The molecule has 1 aliphatic rings. The van der Waals surface area contributed by atoms with E-state index in [1.807, 2.05) is 0 Å². The number of pyridine rings is 1. The second-order valence-corrected chi connectivity index (χ2v) is 4.29. The number of carbonyl (C=O) groups is 2. The summed E-state index contributed by atoms with van der Waals surface area (Å²) in [7, 11) is 0. The molecule has 0 aromatic carbocycles. The minimum Gasteiger partial charge on any atom is -0.477 e. The van der Waals surface area contributed by atoms with Crippen LogP contribution in [-0.4, -0.2) is 28.1 Å². The van der Waals surface area contributed by atoms with E-state index in [4.69, 9.17) is 5.11 Å². The summed E-state index contributed by atoms with van der Waals surface area (Å²) < 4.78 is 0. The largest absolute Gasteiger partial charge is 0.477 e. The second kappa shape index (κ2) is 5.48. The molecule has 0 saturated heterocycles. The van der Waals surface area contributed by atoms with Crippen LogP contribution in [0.5, 0.6) is 0 Å². The molecule has 0 aliphatic heterocycles. The minimum atomic E-state index is -1.12. The zero-order chi connectivity index (χ0) is 13.0. The van der Waals surface area contributed by atoms with Crippen molar-refractivity contribution in [1.82, 2.24) is 10.3 Å². The van der Waals surface area contributed by atoms with E-state index in [1.165, 1.54) is 6.07 Å². The molecule has 0 spiro atoms. The van der Waals surface area contributed by atoms with Gasteiger partial charge in [-0.1, -0.05) is 18.9 Å². The molecule has 1 aromatic rings. The quantitative estimate of drug-likeness (QED) is 0.762. The Hall–Kier alpha value is -2.11. The van der Waals surface area contributed by atoms with Gasteiger partial charge in [0, 0.05) is 6.04 Å². The molecule has 18 heavy (non-hydrogen) atoms. The molecule has 0 atom stereocenters. The van der Waals surface area contributed by atoms with Crippen LogP contribution in [0.2, 0.25) is 0 Å². The number of aromatic nitrogens is 1. The van der Waals surface area contributed by atoms with Gasteiger partial charge in [0.2, 0.25) is 0 Å². The molecule has 0 bridgehead atoms. The van der Waals surface area contributed by atoms with Crippen molar-refractivity contribution in [2.45, 2.75) is 31.7 Å². The van der Waals surface area contributed by atoms with Crippen molar-refractivity contribution in [1.29, 1.82) is 0 Å². The van der Waals surface area contributed by atoms with E-state index < -0.39 is 5.97 Å². The maximum atomic E-state index is 11.6. The van der Waals surface area contributed by atoms with Gasteiger partial charge in [-0.15, -0.1) is 0 Å². The molecule has 2 amide bonds. The Morgan fingerprint density at radius 3 is 2.67 bits per heavy atom. The predicted molar refractivity (Wildman–Crippen MR) is 65.6 cm³/mol. The van der Waals surface area contributed by atoms with Crippen LogP contribution in [0.4, 0.5) is 10.6 Å². The van der Waals surface area contributed by atoms with Gasteiger partial charge in [-0.25, -0.2) is 14.6 Å². The van der Waals surface area contributed by atoms with Gasteiger partial charge >= 0.3 is 12.0 Å². The van der Waals surface area contributed by atoms with Gasteiger partial charge in [-0.2, -0.15) is 0 Å². The van der Waals surface area contributed by atoms with Crippen molar-refractivity contribution in [3.8, 4) is 0 Å². The summed E-state index contributed by atoms with van der Waals surface area (Å²) in [6.07, 6.45) is 4.27. The van der Waals surface area contributed by atoms with Gasteiger partial charge in [-0.05, 0) is 25.0 Å². The van der Waals surface area contributed by atoms with Crippen molar-refractivity contribution in [3.05, 3.63) is 23.9 Å². The van der Waals surface area contributed by atoms with Gasteiger partial charge in [0.1, 0.15) is 5.82 Å². The highest BCUT2D eigenvalue weighted by Gasteiger charge is 2.17. The van der Waals surface area contributed by atoms with Gasteiger partial charge in [-0.3, -0.25) is 5.32 Å². The molecule has 0 radical (unpaired) electrons. The molecular formula is C12H15N3O3. The summed E-state index contributed by atoms with van der Waals surface area (Å²) in [6, 6.07) is 4.36. The van der Waals surface area contributed by atoms with Crippen LogP contribution in [0.3, 0.4) is 0 Å². The number of carbonyl (C=O) groups excluding carboxylic acids is 1. The molecule has 1 aromatic heterocycles. The Morgan fingerprint density at radius 1 is 1.28 bits per heavy atom. The maximum absolute atomic E-state index is 11.6. The molecule has 6 heteroatoms. The third-order valence-electron chi connectivity index (χ3n) is 2.90. The van der Waals surface area contributed by atoms with E-state index in [0.717, 1.165) is 25.7 Å². The molecule has 2 rings (SSSR count). The van der Waals surface area contributed by atoms with Gasteiger partial charge in [0.25, 0.3) is 0 Å². The molecule has 1 fully saturated rings. The highest BCUT2D eigenvalue weighted by molar-refractivity contribution is 5.90. The first-order chi connectivity index (χ1) is 8.65. The number of urea groups is 1. The van der Waals surface area contributed by atoms with E-state index in [9.17, 15) is 9.59 Å². The average molecular weight is 249 g/mol. The third-order valence-corrected chi connectivity index (χ3v) is 2.90. The number of nitrogens with zero attached hydrogens (tertiary/aromatic N) is 1. The number of carboxylic acids is 1. The first-order valence-electron chi connectivity index (χ1n) is 5.93. The second-order valence-electron chi connectivity index (χ2n) is 4.29. The van der Waals surface area contributed by atoms with E-state index in [1.54, 1.807) is 12.1 Å². The number of aromatic carboxylic acids is 1. The fourth-order valence-electron chi connectivity index (χ4n) is 2.03. The lowest BCUT2D eigenvalue weighted by molar-refractivity contribution is 0.0690. The van der Waals surface area contributed by atoms with Crippen LogP contribution in [-0.2, 0) is 0 Å². The first kappa shape index (κ1) is 12.3. The Kier molecular flexibility index (Phi) is 3.76. The molecule has 1 saturated carbocycles. The number of rotatable bonds is 3. The summed E-state index contributed by atoms with van der Waals surface area (Å²) >= 11 is 0. The molecular weight excluding hydrogens is 234 g/mol. The topological polar surface area (TPSA) is 91.3 Å². The van der Waals surface area contributed by atoms with Crippen LogP contribution in [0.25, 0.3) is 0 Å². The van der Waals surface area contributed by atoms with Crippen LogP contribution in [0, 0.1) is 0 Å². The Morgan fingerprint density at radius 2 is 2.00 bits per heavy atom. The van der Waals surface area contributed by atoms with Crippen molar-refractivity contribution in [2.75, 3.05) is 5.32 Å². The zero-order valence-electron chi connectivity index (χ0n) is 9.85. The third kappa shape index (κ3) is 3.19. The molecule has 1 aliphatic carbocycles. The zero-order valence-corrected chi connectivity index (χ0v) is 9.85. The van der Waals surface area contributed by atoms with Crippen LogP contribution >= 0.6 is 0 Å². The monoisotopic (exact) mass is 249 g/mol. The number of hydrogen-bond acceptors (Lipinski definition) is 3. The first-order valence-corrected chi connectivity index (χ1v) is 5.93. The SMILES string of the molecule is O=C(Nc1cccc(C(=O)O)n1)NC1CCCC1. The Balaban J connectivity index is 1.93. The Bertz CT molecular complexity index is 456. The van der Waals surface area contributed by atoms with Crippen molar-refractivity contribution in [3.63, 3.8) is 0 Å². The summed E-state index contributed by atoms with van der Waals surface area (Å²) in [5, 5.41) is 14.2. The summed E-state index contributed by atoms with van der Waals surface area (Å²) in [6.45, 7) is 0. The lowest BCUT2D eigenvalue weighted by Crippen LogP contribution is -2.36. The van der Waals surface area contributed by atoms with Crippen molar-refractivity contribution in [2.24, 2.45) is 0 Å². The maximum Gasteiger partial charge on any atom is 0.354 e. The number of carboxylic acid groups (broad SMARTS) is 1. The highest BCUT2D eigenvalue weighted by Crippen LogP contribution is 2.17. The number of anilines is 1. The number of nitrogens with one attached hydrogen (secondary N) is 2. The highest BCUT2D eigenvalue weighted by atomic mass is 16.4. The summed E-state index contributed by atoms with van der Waals surface area (Å²) in [5.41, 5.74) is -0.0892. The van der Waals surface area contributed by atoms with Crippen LogP contribution in [0.1, 0.15) is 36.2 Å². The van der Waals surface area contributed by atoms with Crippen molar-refractivity contribution >= 4 is 17.8 Å². The average Bonchev–Trinajstić information content (AvgIpc) is 2.82. The standard InChI is InChI=1S/C12H15N3O3/c16-11(17)9-6-3-7-10(14-9)15-12(18)13-8-4-1-2-5-8/h3,6-8H,1-2,4-5H2,(H,16,17)(H2,13,14,15,18). The van der Waals surface area contributed by atoms with E-state index in [2.05, 4.69) is 15.6 Å². The lowest BCUT2D eigenvalue weighted by Gasteiger charge is -2.12. The lowest BCUT2D eigenvalue weighted by atomic mass is 10.2. The van der Waals surface area contributed by atoms with Crippen LogP contribution < -0.4 is 10.6 Å². The molecule has 96 valence electrons. The van der Waals surface area contributed by atoms with E-state index in [-0.39, 0.29) is 23.6 Å². The minimum absolute atomic E-state index is 0.0892. The molecule has 3 N–H and O–H groups in total. The van der Waals surface area contributed by atoms with Gasteiger partial charge in [0.05, 0.1) is 0 Å². The smallest absolute Gasteiger partial charge is 0.354 e. The Labute approximate surface area is 104 Å². The number of amides is 2. The summed E-state index contributed by atoms with van der Waals surface area (Å²) in [5.74, 6) is -0.875. The predicted octanol–water partition coefficient (Wildman–Crippen LogP) is 1.84. The van der Waals surface area contributed by atoms with Crippen LogP contribution in [0.15, 0.2) is 18.2 Å². The molecule has 6 nitrogen and oxygen atoms in total. The van der Waals surface area contributed by atoms with Gasteiger partial charge < -0.3 is 10.4 Å². The molecule has 1 heterocycles. The number of hydrogen-bond donors (Lipinski definition) is 3. The molecule has 0 unspecified atom stereocenters.